The van der Waals surface area contributed by atoms with Crippen LogP contribution in [0.15, 0.2) is 53.5 Å². The van der Waals surface area contributed by atoms with Crippen LogP contribution in [0.1, 0.15) is 70.0 Å². The van der Waals surface area contributed by atoms with Gasteiger partial charge in [-0.25, -0.2) is 9.79 Å². The van der Waals surface area contributed by atoms with E-state index < -0.39 is 34.3 Å². The number of benzene rings is 2. The van der Waals surface area contributed by atoms with Crippen LogP contribution in [0.25, 0.3) is 0 Å². The lowest BCUT2D eigenvalue weighted by atomic mass is 9.75. The number of amides is 2. The van der Waals surface area contributed by atoms with Crippen molar-refractivity contribution in [1.82, 2.24) is 10.2 Å². The molecule has 1 aliphatic carbocycles. The number of urea groups is 1. The molecule has 2 aromatic rings. The molecule has 2 atom stereocenters. The average molecular weight is 597 g/mol. The summed E-state index contributed by atoms with van der Waals surface area (Å²) in [6, 6.07) is 12.1. The quantitative estimate of drug-likeness (QED) is 0.141. The first-order valence-electron chi connectivity index (χ1n) is 14.3. The summed E-state index contributed by atoms with van der Waals surface area (Å²) in [6.07, 6.45) is 3.66. The van der Waals surface area contributed by atoms with Crippen LogP contribution in [0.2, 0.25) is 5.02 Å². The van der Waals surface area contributed by atoms with Gasteiger partial charge in [0.25, 0.3) is 5.69 Å². The zero-order valence-corrected chi connectivity index (χ0v) is 24.9. The molecule has 11 heteroatoms. The zero-order chi connectivity index (χ0) is 30.4. The molecule has 2 aliphatic rings. The maximum absolute atomic E-state index is 13.5. The molecule has 2 amide bonds. The number of Topliss-reactive ketones (excluding diaryl/α,β-unsaturated/α-hetero) is 1. The second-order valence-corrected chi connectivity index (χ2v) is 11.7. The van der Waals surface area contributed by atoms with Gasteiger partial charge in [0.05, 0.1) is 29.0 Å². The van der Waals surface area contributed by atoms with Crippen molar-refractivity contribution >= 4 is 40.8 Å². The fourth-order valence-corrected chi connectivity index (χ4v) is 6.19. The van der Waals surface area contributed by atoms with Gasteiger partial charge in [0, 0.05) is 29.4 Å². The van der Waals surface area contributed by atoms with Crippen LogP contribution >= 0.6 is 11.6 Å². The van der Waals surface area contributed by atoms with Crippen LogP contribution in [0, 0.1) is 16.0 Å². The summed E-state index contributed by atoms with van der Waals surface area (Å²) < 4.78 is 5.49. The highest BCUT2D eigenvalue weighted by atomic mass is 35.5. The predicted molar refractivity (Wildman–Crippen MR) is 160 cm³/mol. The molecule has 0 radical (unpaired) electrons. The molecule has 10 nitrogen and oxygen atoms in total. The molecule has 2 aromatic carbocycles. The van der Waals surface area contributed by atoms with E-state index in [1.54, 1.807) is 26.8 Å². The number of rotatable bonds is 12. The van der Waals surface area contributed by atoms with Crippen molar-refractivity contribution < 1.29 is 24.0 Å². The third kappa shape index (κ3) is 6.87. The largest absolute Gasteiger partial charge is 0.462 e. The Labute approximate surface area is 250 Å². The topological polar surface area (TPSA) is 131 Å². The second-order valence-electron chi connectivity index (χ2n) is 11.2. The molecule has 2 unspecified atom stereocenters. The molecule has 1 fully saturated rings. The van der Waals surface area contributed by atoms with Gasteiger partial charge < -0.3 is 15.0 Å². The molecular weight excluding hydrogens is 560 g/mol. The number of nitrogens with one attached hydrogen (secondary N) is 1. The van der Waals surface area contributed by atoms with Crippen LogP contribution < -0.4 is 5.32 Å². The number of esters is 1. The highest BCUT2D eigenvalue weighted by molar-refractivity contribution is 6.30. The van der Waals surface area contributed by atoms with Crippen LogP contribution in [-0.4, -0.2) is 59.1 Å². The van der Waals surface area contributed by atoms with E-state index in [4.69, 9.17) is 16.3 Å². The Hall–Kier alpha value is -3.63. The van der Waals surface area contributed by atoms with Gasteiger partial charge in [0.15, 0.2) is 5.78 Å². The van der Waals surface area contributed by atoms with E-state index in [2.05, 4.69) is 10.3 Å². The molecular formula is C31H37ClN4O6. The highest BCUT2D eigenvalue weighted by Gasteiger charge is 2.44. The number of non-ortho nitro benzene ring substituents is 1. The number of carbonyl (C=O) groups excluding carboxylic acids is 3. The van der Waals surface area contributed by atoms with Crippen LogP contribution in [0.3, 0.4) is 0 Å². The minimum absolute atomic E-state index is 0.127. The molecule has 0 spiro atoms. The Balaban J connectivity index is 1.47. The number of halogens is 1. The van der Waals surface area contributed by atoms with Crippen LogP contribution in [-0.2, 0) is 19.7 Å². The van der Waals surface area contributed by atoms with E-state index in [0.717, 1.165) is 31.2 Å². The lowest BCUT2D eigenvalue weighted by Crippen LogP contribution is -2.48. The summed E-state index contributed by atoms with van der Waals surface area (Å²) in [7, 11) is 0. The maximum atomic E-state index is 13.5. The maximum Gasteiger partial charge on any atom is 0.344 e. The molecule has 0 bridgehead atoms. The normalized spacial score (nSPS) is 20.0. The third-order valence-electron chi connectivity index (χ3n) is 8.07. The van der Waals surface area contributed by atoms with Gasteiger partial charge in [-0.05, 0) is 69.8 Å². The molecule has 1 heterocycles. The summed E-state index contributed by atoms with van der Waals surface area (Å²) in [4.78, 5) is 56.3. The molecule has 1 N–H and O–H groups in total. The van der Waals surface area contributed by atoms with Gasteiger partial charge in [-0.2, -0.15) is 0 Å². The Bertz CT molecular complexity index is 1350. The predicted octanol–water partition coefficient (Wildman–Crippen LogP) is 5.81. The number of aliphatic imine (C=N–C) groups is 1. The molecule has 1 saturated carbocycles. The zero-order valence-electron chi connectivity index (χ0n) is 24.2. The smallest absolute Gasteiger partial charge is 0.344 e. The van der Waals surface area contributed by atoms with Gasteiger partial charge in [-0.15, -0.1) is 0 Å². The minimum atomic E-state index is -0.914. The molecule has 0 aromatic heterocycles. The van der Waals surface area contributed by atoms with E-state index in [1.165, 1.54) is 23.1 Å². The second kappa shape index (κ2) is 13.6. The van der Waals surface area contributed by atoms with Gasteiger partial charge in [0.1, 0.15) is 5.92 Å². The van der Waals surface area contributed by atoms with Crippen LogP contribution in [0.4, 0.5) is 10.5 Å². The van der Waals surface area contributed by atoms with Crippen molar-refractivity contribution in [2.24, 2.45) is 10.9 Å². The van der Waals surface area contributed by atoms with Gasteiger partial charge >= 0.3 is 12.0 Å². The van der Waals surface area contributed by atoms with E-state index >= 15 is 0 Å². The number of hydrogen-bond acceptors (Lipinski definition) is 7. The van der Waals surface area contributed by atoms with E-state index in [9.17, 15) is 24.5 Å². The summed E-state index contributed by atoms with van der Waals surface area (Å²) >= 11 is 6.07. The van der Waals surface area contributed by atoms with E-state index in [-0.39, 0.29) is 30.7 Å². The van der Waals surface area contributed by atoms with Gasteiger partial charge in [-0.3, -0.25) is 19.7 Å². The number of nitro benzene ring substituents is 1. The lowest BCUT2D eigenvalue weighted by molar-refractivity contribution is -0.385. The minimum Gasteiger partial charge on any atom is -0.462 e. The molecule has 0 saturated heterocycles. The SMILES string of the molecule is CC1=NC(=O)N(CCCNCC(=O)C2(c3ccc(Cl)cc3)CCCC2)C(c2cccc([N+](=O)[O-])c2)C1C(=O)OC(C)C. The highest BCUT2D eigenvalue weighted by Crippen LogP contribution is 2.42. The first-order chi connectivity index (χ1) is 20.0. The Morgan fingerprint density at radius 1 is 1.19 bits per heavy atom. The number of hydrogen-bond donors (Lipinski definition) is 1. The molecule has 4 rings (SSSR count). The molecule has 42 heavy (non-hydrogen) atoms. The third-order valence-corrected chi connectivity index (χ3v) is 8.33. The van der Waals surface area contributed by atoms with E-state index in [0.29, 0.717) is 29.3 Å². The van der Waals surface area contributed by atoms with Crippen molar-refractivity contribution in [1.29, 1.82) is 0 Å². The average Bonchev–Trinajstić information content (AvgIpc) is 3.44. The fraction of sp³-hybridized carbons (Fsp3) is 0.484. The van der Waals surface area contributed by atoms with Crippen LogP contribution in [0.5, 0.6) is 0 Å². The summed E-state index contributed by atoms with van der Waals surface area (Å²) in [5.41, 5.74) is 1.07. The van der Waals surface area contributed by atoms with Crippen molar-refractivity contribution in [2.75, 3.05) is 19.6 Å². The summed E-state index contributed by atoms with van der Waals surface area (Å²) in [5.74, 6) is -1.33. The number of nitrogens with zero attached hydrogens (tertiary/aromatic N) is 3. The summed E-state index contributed by atoms with van der Waals surface area (Å²) in [6.45, 7) is 5.90. The van der Waals surface area contributed by atoms with Crippen molar-refractivity contribution in [2.45, 2.75) is 70.4 Å². The fourth-order valence-electron chi connectivity index (χ4n) is 6.07. The summed E-state index contributed by atoms with van der Waals surface area (Å²) in [5, 5.41) is 15.4. The number of carbonyl (C=O) groups is 3. The Morgan fingerprint density at radius 2 is 1.88 bits per heavy atom. The number of nitro groups is 1. The first-order valence-corrected chi connectivity index (χ1v) is 14.7. The Morgan fingerprint density at radius 3 is 2.52 bits per heavy atom. The van der Waals surface area contributed by atoms with Crippen molar-refractivity contribution in [3.8, 4) is 0 Å². The van der Waals surface area contributed by atoms with E-state index in [1.807, 2.05) is 24.3 Å². The molecule has 224 valence electrons. The van der Waals surface area contributed by atoms with Crippen molar-refractivity contribution in [3.63, 3.8) is 0 Å². The number of ether oxygens (including phenoxy) is 1. The first kappa shape index (κ1) is 31.3. The molecule has 1 aliphatic heterocycles. The van der Waals surface area contributed by atoms with Crippen molar-refractivity contribution in [3.05, 3.63) is 74.8 Å². The Kier molecular flexibility index (Phi) is 10.1. The lowest BCUT2D eigenvalue weighted by Gasteiger charge is -2.38. The monoisotopic (exact) mass is 596 g/mol. The van der Waals surface area contributed by atoms with Gasteiger partial charge in [-0.1, -0.05) is 48.7 Å². The number of ketones is 1. The van der Waals surface area contributed by atoms with Gasteiger partial charge in [0.2, 0.25) is 0 Å². The standard InChI is InChI=1S/C31H37ClN4O6/c1-20(2)42-29(38)27-21(3)34-30(39)35(28(27)22-8-6-9-25(18-22)36(40)41)17-7-16-33-19-26(37)31(14-4-5-15-31)23-10-12-24(32)13-11-23/h6,8-13,18,20,27-28,33H,4-5,7,14-17,19H2,1-3H3.